The average Bonchev–Trinajstić information content (AvgIpc) is 2.83. The van der Waals surface area contributed by atoms with Gasteiger partial charge >= 0.3 is 5.63 Å². The molecule has 0 saturated carbocycles. The molecule has 0 radical (unpaired) electrons. The highest BCUT2D eigenvalue weighted by atomic mass is 19.1. The number of H-pyrrole nitrogens is 1. The first-order chi connectivity index (χ1) is 11.1. The minimum Gasteiger partial charge on any atom is -0.422 e. The summed E-state index contributed by atoms with van der Waals surface area (Å²) in [5.74, 6) is -0.437. The Morgan fingerprint density at radius 2 is 1.83 bits per heavy atom. The SMILES string of the molecule is Cc1[nH]c2ccc3oc(=O)c(-c4ccccc4F)cc3c2c1C. The molecule has 0 unspecified atom stereocenters. The summed E-state index contributed by atoms with van der Waals surface area (Å²) in [6, 6.07) is 11.6. The number of aromatic nitrogens is 1. The van der Waals surface area contributed by atoms with Crippen molar-refractivity contribution in [3.63, 3.8) is 0 Å². The van der Waals surface area contributed by atoms with Gasteiger partial charge in [-0.3, -0.25) is 0 Å². The standard InChI is InChI=1S/C19H14FNO2/c1-10-11(2)21-16-7-8-17-14(18(10)16)9-13(19(22)23-17)12-5-3-4-6-15(12)20/h3-9,21H,1-2H3. The Labute approximate surface area is 131 Å². The molecule has 2 aromatic heterocycles. The zero-order valence-corrected chi connectivity index (χ0v) is 12.7. The van der Waals surface area contributed by atoms with Crippen LogP contribution in [0.2, 0.25) is 0 Å². The lowest BCUT2D eigenvalue weighted by Gasteiger charge is -2.05. The second-order valence-electron chi connectivity index (χ2n) is 5.70. The summed E-state index contributed by atoms with van der Waals surface area (Å²) in [5.41, 5.74) is 3.59. The normalized spacial score (nSPS) is 11.4. The molecular formula is C19H14FNO2. The van der Waals surface area contributed by atoms with Crippen molar-refractivity contribution in [3.05, 3.63) is 70.0 Å². The van der Waals surface area contributed by atoms with Crippen molar-refractivity contribution in [1.29, 1.82) is 0 Å². The van der Waals surface area contributed by atoms with Gasteiger partial charge in [0, 0.05) is 27.5 Å². The van der Waals surface area contributed by atoms with E-state index in [0.717, 1.165) is 27.5 Å². The van der Waals surface area contributed by atoms with Crippen LogP contribution in [0.4, 0.5) is 4.39 Å². The van der Waals surface area contributed by atoms with E-state index in [1.807, 2.05) is 19.9 Å². The molecule has 0 fully saturated rings. The van der Waals surface area contributed by atoms with Crippen molar-refractivity contribution in [2.24, 2.45) is 0 Å². The molecule has 0 amide bonds. The zero-order valence-electron chi connectivity index (χ0n) is 12.7. The van der Waals surface area contributed by atoms with Crippen molar-refractivity contribution in [2.75, 3.05) is 0 Å². The molecule has 0 aliphatic heterocycles. The van der Waals surface area contributed by atoms with Gasteiger partial charge in [-0.1, -0.05) is 18.2 Å². The molecule has 0 saturated heterocycles. The Hall–Kier alpha value is -2.88. The van der Waals surface area contributed by atoms with Crippen LogP contribution in [0.3, 0.4) is 0 Å². The third-order valence-electron chi connectivity index (χ3n) is 4.34. The summed E-state index contributed by atoms with van der Waals surface area (Å²) in [6.07, 6.45) is 0. The van der Waals surface area contributed by atoms with Crippen LogP contribution in [0.25, 0.3) is 33.0 Å². The highest BCUT2D eigenvalue weighted by Crippen LogP contribution is 2.31. The summed E-state index contributed by atoms with van der Waals surface area (Å²) in [4.78, 5) is 15.6. The smallest absolute Gasteiger partial charge is 0.344 e. The van der Waals surface area contributed by atoms with E-state index in [1.165, 1.54) is 6.07 Å². The van der Waals surface area contributed by atoms with E-state index < -0.39 is 11.4 Å². The van der Waals surface area contributed by atoms with E-state index in [-0.39, 0.29) is 11.1 Å². The van der Waals surface area contributed by atoms with Crippen LogP contribution in [0.5, 0.6) is 0 Å². The van der Waals surface area contributed by atoms with E-state index in [2.05, 4.69) is 4.98 Å². The molecule has 114 valence electrons. The summed E-state index contributed by atoms with van der Waals surface area (Å²) < 4.78 is 19.5. The molecule has 0 spiro atoms. The number of fused-ring (bicyclic) bond motifs is 3. The number of rotatable bonds is 1. The number of benzene rings is 2. The highest BCUT2D eigenvalue weighted by Gasteiger charge is 2.15. The number of hydrogen-bond donors (Lipinski definition) is 1. The van der Waals surface area contributed by atoms with E-state index >= 15 is 0 Å². The Morgan fingerprint density at radius 1 is 1.04 bits per heavy atom. The molecule has 0 aliphatic carbocycles. The first-order valence-electron chi connectivity index (χ1n) is 7.37. The Bertz CT molecular complexity index is 1120. The van der Waals surface area contributed by atoms with Crippen molar-refractivity contribution in [1.82, 2.24) is 4.98 Å². The summed E-state index contributed by atoms with van der Waals surface area (Å²) in [6.45, 7) is 4.01. The van der Waals surface area contributed by atoms with Crippen LogP contribution in [0.15, 0.2) is 51.7 Å². The molecule has 23 heavy (non-hydrogen) atoms. The third kappa shape index (κ3) is 1.99. The molecule has 0 aliphatic rings. The van der Waals surface area contributed by atoms with Gasteiger partial charge in [0.1, 0.15) is 11.4 Å². The fourth-order valence-corrected chi connectivity index (χ4v) is 3.05. The third-order valence-corrected chi connectivity index (χ3v) is 4.34. The van der Waals surface area contributed by atoms with Crippen LogP contribution in [-0.2, 0) is 0 Å². The van der Waals surface area contributed by atoms with Gasteiger partial charge in [0.2, 0.25) is 0 Å². The van der Waals surface area contributed by atoms with E-state index in [1.54, 1.807) is 30.3 Å². The highest BCUT2D eigenvalue weighted by molar-refractivity contribution is 6.07. The maximum absolute atomic E-state index is 14.1. The number of halogens is 1. The number of nitrogens with one attached hydrogen (secondary N) is 1. The zero-order chi connectivity index (χ0) is 16.1. The fraction of sp³-hybridized carbons (Fsp3) is 0.105. The maximum Gasteiger partial charge on any atom is 0.344 e. The topological polar surface area (TPSA) is 46.0 Å². The van der Waals surface area contributed by atoms with Crippen molar-refractivity contribution in [3.8, 4) is 11.1 Å². The predicted octanol–water partition coefficient (Wildman–Crippen LogP) is 4.70. The van der Waals surface area contributed by atoms with Crippen LogP contribution in [-0.4, -0.2) is 4.98 Å². The van der Waals surface area contributed by atoms with Crippen LogP contribution < -0.4 is 5.63 Å². The predicted molar refractivity (Wildman–Crippen MR) is 89.2 cm³/mol. The van der Waals surface area contributed by atoms with Crippen LogP contribution >= 0.6 is 0 Å². The Kier molecular flexibility index (Phi) is 2.88. The lowest BCUT2D eigenvalue weighted by atomic mass is 10.0. The van der Waals surface area contributed by atoms with E-state index in [4.69, 9.17) is 4.42 Å². The molecule has 2 aromatic carbocycles. The first-order valence-corrected chi connectivity index (χ1v) is 7.37. The molecule has 1 N–H and O–H groups in total. The molecule has 4 aromatic rings. The fourth-order valence-electron chi connectivity index (χ4n) is 3.05. The molecule has 4 heteroatoms. The van der Waals surface area contributed by atoms with Gasteiger partial charge in [-0.25, -0.2) is 9.18 Å². The summed E-state index contributed by atoms with van der Waals surface area (Å²) >= 11 is 0. The van der Waals surface area contributed by atoms with Crippen molar-refractivity contribution >= 4 is 21.9 Å². The number of hydrogen-bond acceptors (Lipinski definition) is 2. The molecule has 0 bridgehead atoms. The lowest BCUT2D eigenvalue weighted by Crippen LogP contribution is -2.04. The molecule has 4 rings (SSSR count). The molecule has 2 heterocycles. The molecule has 3 nitrogen and oxygen atoms in total. The second kappa shape index (κ2) is 4.81. The lowest BCUT2D eigenvalue weighted by molar-refractivity contribution is 0.562. The Balaban J connectivity index is 2.15. The van der Waals surface area contributed by atoms with Gasteiger partial charge in [0.05, 0.1) is 5.56 Å². The first kappa shape index (κ1) is 13.8. The second-order valence-corrected chi connectivity index (χ2v) is 5.70. The quantitative estimate of drug-likeness (QED) is 0.518. The minimum atomic E-state index is -0.535. The van der Waals surface area contributed by atoms with Crippen molar-refractivity contribution in [2.45, 2.75) is 13.8 Å². The van der Waals surface area contributed by atoms with Gasteiger partial charge in [-0.2, -0.15) is 0 Å². The van der Waals surface area contributed by atoms with Gasteiger partial charge in [-0.05, 0) is 43.7 Å². The van der Waals surface area contributed by atoms with E-state index in [0.29, 0.717) is 5.58 Å². The summed E-state index contributed by atoms with van der Waals surface area (Å²) in [7, 11) is 0. The van der Waals surface area contributed by atoms with Gasteiger partial charge < -0.3 is 9.40 Å². The number of aryl methyl sites for hydroxylation is 2. The monoisotopic (exact) mass is 307 g/mol. The van der Waals surface area contributed by atoms with Crippen molar-refractivity contribution < 1.29 is 8.81 Å². The Morgan fingerprint density at radius 3 is 2.61 bits per heavy atom. The van der Waals surface area contributed by atoms with E-state index in [9.17, 15) is 9.18 Å². The van der Waals surface area contributed by atoms with Gasteiger partial charge in [-0.15, -0.1) is 0 Å². The van der Waals surface area contributed by atoms with Crippen LogP contribution in [0, 0.1) is 19.7 Å². The van der Waals surface area contributed by atoms with Gasteiger partial charge in [0.25, 0.3) is 0 Å². The van der Waals surface area contributed by atoms with Gasteiger partial charge in [0.15, 0.2) is 0 Å². The summed E-state index contributed by atoms with van der Waals surface area (Å²) in [5, 5.41) is 1.81. The largest absolute Gasteiger partial charge is 0.422 e. The molecular weight excluding hydrogens is 293 g/mol. The molecule has 0 atom stereocenters. The van der Waals surface area contributed by atoms with Crippen LogP contribution in [0.1, 0.15) is 11.3 Å². The number of aromatic amines is 1. The average molecular weight is 307 g/mol. The minimum absolute atomic E-state index is 0.237. The maximum atomic E-state index is 14.1.